The molecule has 0 unspecified atom stereocenters. The summed E-state index contributed by atoms with van der Waals surface area (Å²) in [5.41, 5.74) is -0.864. The molecule has 13 heteroatoms. The number of hydrogen-bond donors (Lipinski definition) is 0. The third-order valence-corrected chi connectivity index (χ3v) is 5.86. The molecule has 0 N–H and O–H groups in total. The molecule has 2 heterocycles. The topological polar surface area (TPSA) is 106 Å². The summed E-state index contributed by atoms with van der Waals surface area (Å²) in [5.74, 6) is -1.27. The van der Waals surface area contributed by atoms with E-state index < -0.39 is 33.4 Å². The van der Waals surface area contributed by atoms with Crippen molar-refractivity contribution >= 4 is 33.2 Å². The molecule has 0 bridgehead atoms. The number of pyridine rings is 1. The zero-order valence-corrected chi connectivity index (χ0v) is 19.9. The third-order valence-electron chi connectivity index (χ3n) is 4.18. The summed E-state index contributed by atoms with van der Waals surface area (Å²) < 4.78 is 68.0. The van der Waals surface area contributed by atoms with Gasteiger partial charge in [-0.25, -0.2) is 13.4 Å². The molecule has 0 aliphatic carbocycles. The Hall–Kier alpha value is -2.10. The molecule has 1 amide bonds. The van der Waals surface area contributed by atoms with Crippen molar-refractivity contribution in [3.63, 3.8) is 0 Å². The molecule has 0 spiro atoms. The number of carbonyl (C=O) groups excluding carboxylic acids is 1. The van der Waals surface area contributed by atoms with Crippen LogP contribution in [0.5, 0.6) is 0 Å². The molecule has 7 nitrogen and oxygen atoms in total. The summed E-state index contributed by atoms with van der Waals surface area (Å²) in [4.78, 5) is 15.9. The molecule has 0 aliphatic heterocycles. The number of amides is 1. The summed E-state index contributed by atoms with van der Waals surface area (Å²) in [7, 11) is -4.46. The number of halogens is 4. The molecule has 2 aromatic heterocycles. The van der Waals surface area contributed by atoms with E-state index in [1.807, 2.05) is 6.07 Å². The Morgan fingerprint density at radius 1 is 1.19 bits per heavy atom. The molecule has 156 valence electrons. The molecule has 0 saturated heterocycles. The van der Waals surface area contributed by atoms with E-state index in [-0.39, 0.29) is 56.2 Å². The fourth-order valence-corrected chi connectivity index (χ4v) is 4.17. The number of alkyl halides is 3. The summed E-state index contributed by atoms with van der Waals surface area (Å²) in [6, 6.07) is 5.14. The zero-order chi connectivity index (χ0) is 22.4. The van der Waals surface area contributed by atoms with E-state index >= 15 is 0 Å². The van der Waals surface area contributed by atoms with E-state index in [1.165, 1.54) is 26.0 Å². The summed E-state index contributed by atoms with van der Waals surface area (Å²) in [5, 5.41) is 8.65. The van der Waals surface area contributed by atoms with E-state index in [1.54, 1.807) is 0 Å². The summed E-state index contributed by atoms with van der Waals surface area (Å²) >= 11 is 5.81. The van der Waals surface area contributed by atoms with Crippen LogP contribution in [0.3, 0.4) is 0 Å². The van der Waals surface area contributed by atoms with E-state index in [2.05, 4.69) is 9.71 Å². The molecular formula is C18H11ClF3N4NaO3S. The maximum Gasteiger partial charge on any atom is 1.00 e. The van der Waals surface area contributed by atoms with Gasteiger partial charge in [0.2, 0.25) is 0 Å². The van der Waals surface area contributed by atoms with Gasteiger partial charge >= 0.3 is 35.7 Å². The van der Waals surface area contributed by atoms with Crippen LogP contribution < -0.4 is 29.6 Å². The van der Waals surface area contributed by atoms with E-state index in [0.717, 1.165) is 10.6 Å². The number of rotatable bonds is 3. The first-order valence-electron chi connectivity index (χ1n) is 8.12. The molecule has 0 radical (unpaired) electrons. The molecule has 31 heavy (non-hydrogen) atoms. The quantitative estimate of drug-likeness (QED) is 0.529. The van der Waals surface area contributed by atoms with Gasteiger partial charge in [-0.2, -0.15) is 18.4 Å². The van der Waals surface area contributed by atoms with Crippen LogP contribution in [0.15, 0.2) is 35.5 Å². The van der Waals surface area contributed by atoms with Crippen LogP contribution in [-0.4, -0.2) is 23.7 Å². The van der Waals surface area contributed by atoms with Crippen molar-refractivity contribution in [1.29, 1.82) is 5.26 Å². The maximum absolute atomic E-state index is 12.9. The van der Waals surface area contributed by atoms with Gasteiger partial charge in [0.25, 0.3) is 0 Å². The van der Waals surface area contributed by atoms with Gasteiger partial charge in [-0.05, 0) is 43.2 Å². The SMILES string of the molecule is Cc1cc(S(=O)(=O)[N-]C(=O)c2cn3cc(C(F)(F)F)cc(Cl)c3n2)c(C)cc1C#N.[Na+]. The van der Waals surface area contributed by atoms with Crippen molar-refractivity contribution in [2.45, 2.75) is 24.9 Å². The van der Waals surface area contributed by atoms with Gasteiger partial charge < -0.3 is 13.9 Å². The van der Waals surface area contributed by atoms with Crippen LogP contribution in [0.25, 0.3) is 10.4 Å². The van der Waals surface area contributed by atoms with Gasteiger partial charge in [0.15, 0.2) is 5.65 Å². The Labute approximate surface area is 202 Å². The van der Waals surface area contributed by atoms with Crippen LogP contribution in [0, 0.1) is 25.2 Å². The van der Waals surface area contributed by atoms with Gasteiger partial charge in [-0.3, -0.25) is 0 Å². The Morgan fingerprint density at radius 2 is 1.84 bits per heavy atom. The number of aromatic nitrogens is 2. The molecule has 1 aromatic carbocycles. The standard InChI is InChI=1S/C18H12ClF3N4O3S.Na/c1-9-4-15(10(2)3-11(9)6-23)30(28,29)25-17(27)14-8-26-7-12(18(20,21)22)5-13(19)16(26)24-14;/h3-5,7-8H,1-2H3,(H,25,27);/q;+1/p-1. The van der Waals surface area contributed by atoms with Crippen molar-refractivity contribution in [3.05, 3.63) is 68.3 Å². The smallest absolute Gasteiger partial charge is 0.536 e. The second-order valence-corrected chi connectivity index (χ2v) is 8.33. The van der Waals surface area contributed by atoms with E-state index in [9.17, 15) is 26.4 Å². The van der Waals surface area contributed by atoms with Crippen LogP contribution in [-0.2, 0) is 16.2 Å². The number of hydrogen-bond acceptors (Lipinski definition) is 5. The van der Waals surface area contributed by atoms with Crippen molar-refractivity contribution in [2.75, 3.05) is 0 Å². The molecule has 3 aromatic rings. The minimum atomic E-state index is -4.68. The van der Waals surface area contributed by atoms with Gasteiger partial charge in [-0.15, -0.1) is 0 Å². The maximum atomic E-state index is 12.9. The number of nitriles is 1. The number of sulfonamides is 1. The average Bonchev–Trinajstić information content (AvgIpc) is 3.07. The van der Waals surface area contributed by atoms with E-state index in [0.29, 0.717) is 17.8 Å². The third kappa shape index (κ3) is 5.05. The monoisotopic (exact) mass is 478 g/mol. The summed E-state index contributed by atoms with van der Waals surface area (Å²) in [6.45, 7) is 2.97. The van der Waals surface area contributed by atoms with Crippen molar-refractivity contribution in [2.24, 2.45) is 0 Å². The number of carbonyl (C=O) groups is 1. The van der Waals surface area contributed by atoms with Gasteiger partial charge in [0.1, 0.15) is 21.6 Å². The fraction of sp³-hybridized carbons (Fsp3) is 0.167. The molecule has 3 rings (SSSR count). The first kappa shape index (κ1) is 25.2. The Morgan fingerprint density at radius 3 is 2.42 bits per heavy atom. The number of benzene rings is 1. The molecule has 0 aliphatic rings. The Kier molecular flexibility index (Phi) is 7.14. The van der Waals surface area contributed by atoms with Crippen LogP contribution >= 0.6 is 11.6 Å². The molecular weight excluding hydrogens is 468 g/mol. The molecule has 0 atom stereocenters. The Bertz CT molecular complexity index is 1350. The second kappa shape index (κ2) is 8.80. The predicted molar refractivity (Wildman–Crippen MR) is 101 cm³/mol. The van der Waals surface area contributed by atoms with Crippen molar-refractivity contribution in [1.82, 2.24) is 9.38 Å². The second-order valence-electron chi connectivity index (χ2n) is 6.35. The largest absolute Gasteiger partial charge is 1.00 e. The van der Waals surface area contributed by atoms with Crippen LogP contribution in [0.1, 0.15) is 32.7 Å². The predicted octanol–water partition coefficient (Wildman–Crippen LogP) is 1.40. The van der Waals surface area contributed by atoms with Gasteiger partial charge in [0, 0.05) is 12.4 Å². The molecule has 0 fully saturated rings. The fourth-order valence-electron chi connectivity index (χ4n) is 2.71. The minimum Gasteiger partial charge on any atom is -0.536 e. The minimum absolute atomic E-state index is 0. The molecule has 0 saturated carbocycles. The Balaban J connectivity index is 0.00000341. The number of aryl methyl sites for hydroxylation is 2. The number of nitrogens with zero attached hydrogens (tertiary/aromatic N) is 4. The van der Waals surface area contributed by atoms with Gasteiger partial charge in [0.05, 0.1) is 27.1 Å². The average molecular weight is 479 g/mol. The summed E-state index contributed by atoms with van der Waals surface area (Å²) in [6.07, 6.45) is -3.09. The van der Waals surface area contributed by atoms with Crippen molar-refractivity contribution in [3.8, 4) is 6.07 Å². The van der Waals surface area contributed by atoms with E-state index in [4.69, 9.17) is 16.9 Å². The zero-order valence-electron chi connectivity index (χ0n) is 16.3. The normalized spacial score (nSPS) is 11.6. The van der Waals surface area contributed by atoms with Crippen molar-refractivity contribution < 1.29 is 55.9 Å². The first-order chi connectivity index (χ1) is 13.8. The van der Waals surface area contributed by atoms with Crippen LogP contribution in [0.2, 0.25) is 5.02 Å². The van der Waals surface area contributed by atoms with Gasteiger partial charge in [-0.1, -0.05) is 11.6 Å². The first-order valence-corrected chi connectivity index (χ1v) is 9.94. The number of fused-ring (bicyclic) bond motifs is 1. The van der Waals surface area contributed by atoms with Crippen LogP contribution in [0.4, 0.5) is 13.2 Å². The number of imidazole rings is 1.